The molecule has 27 heavy (non-hydrogen) atoms. The molecule has 2 aromatic heterocycles. The van der Waals surface area contributed by atoms with Crippen LogP contribution < -0.4 is 15.6 Å². The molecule has 8 heteroatoms. The van der Waals surface area contributed by atoms with Gasteiger partial charge in [0.2, 0.25) is 5.95 Å². The van der Waals surface area contributed by atoms with Crippen molar-refractivity contribution in [3.63, 3.8) is 0 Å². The van der Waals surface area contributed by atoms with Gasteiger partial charge < -0.3 is 10.1 Å². The van der Waals surface area contributed by atoms with Crippen LogP contribution in [0.25, 0.3) is 0 Å². The largest absolute Gasteiger partial charge is 0.487 e. The maximum Gasteiger partial charge on any atom is 0.256 e. The number of benzene rings is 1. The van der Waals surface area contributed by atoms with Crippen LogP contribution in [0.1, 0.15) is 34.9 Å². The highest BCUT2D eigenvalue weighted by Gasteiger charge is 2.18. The molecule has 0 saturated carbocycles. The molecule has 4 rings (SSSR count). The lowest BCUT2D eigenvalue weighted by Crippen LogP contribution is -2.21. The standard InChI is InChI=1S/C19H22N6O2/c1-12-21-13(2)25(24-12)9-5-8-20-19-22-16-11-27-17-7-4-3-6-14(17)10-15(16)18(26)23-19/h3-4,6-7H,5,8-11H2,1-2H3,(H2,20,22,23,26). The van der Waals surface area contributed by atoms with E-state index < -0.39 is 0 Å². The maximum atomic E-state index is 12.5. The van der Waals surface area contributed by atoms with Crippen molar-refractivity contribution in [2.45, 2.75) is 39.8 Å². The van der Waals surface area contributed by atoms with Gasteiger partial charge in [-0.25, -0.2) is 9.97 Å². The van der Waals surface area contributed by atoms with Gasteiger partial charge in [-0.3, -0.25) is 14.5 Å². The highest BCUT2D eigenvalue weighted by Crippen LogP contribution is 2.25. The van der Waals surface area contributed by atoms with Crippen LogP contribution in [0.5, 0.6) is 5.75 Å². The summed E-state index contributed by atoms with van der Waals surface area (Å²) in [6, 6.07) is 7.77. The quantitative estimate of drug-likeness (QED) is 0.670. The van der Waals surface area contributed by atoms with Gasteiger partial charge in [0.15, 0.2) is 0 Å². The fourth-order valence-corrected chi connectivity index (χ4v) is 3.27. The molecule has 2 N–H and O–H groups in total. The lowest BCUT2D eigenvalue weighted by Gasteiger charge is -2.09. The molecule has 3 aromatic rings. The molecule has 8 nitrogen and oxygen atoms in total. The van der Waals surface area contributed by atoms with Crippen LogP contribution in [0.4, 0.5) is 5.95 Å². The highest BCUT2D eigenvalue weighted by molar-refractivity contribution is 5.41. The molecule has 0 amide bonds. The summed E-state index contributed by atoms with van der Waals surface area (Å²) in [5.41, 5.74) is 2.23. The third-order valence-corrected chi connectivity index (χ3v) is 4.61. The van der Waals surface area contributed by atoms with Crippen LogP contribution in [0.15, 0.2) is 29.1 Å². The molecule has 0 fully saturated rings. The van der Waals surface area contributed by atoms with Crippen LogP contribution in [0.3, 0.4) is 0 Å². The molecule has 3 heterocycles. The number of aromatic nitrogens is 5. The number of nitrogens with zero attached hydrogens (tertiary/aromatic N) is 4. The van der Waals surface area contributed by atoms with E-state index in [0.29, 0.717) is 36.8 Å². The van der Waals surface area contributed by atoms with Gasteiger partial charge in [-0.1, -0.05) is 18.2 Å². The Kier molecular flexibility index (Phi) is 4.62. The molecular formula is C19H22N6O2. The number of aryl methyl sites for hydroxylation is 3. The van der Waals surface area contributed by atoms with Gasteiger partial charge >= 0.3 is 0 Å². The molecule has 0 unspecified atom stereocenters. The second-order valence-corrected chi connectivity index (χ2v) is 6.62. The smallest absolute Gasteiger partial charge is 0.256 e. The first kappa shape index (κ1) is 17.3. The minimum atomic E-state index is -0.120. The minimum absolute atomic E-state index is 0.120. The molecule has 0 spiro atoms. The zero-order valence-electron chi connectivity index (χ0n) is 15.5. The molecule has 0 atom stereocenters. The average molecular weight is 366 g/mol. The Bertz CT molecular complexity index is 1020. The Morgan fingerprint density at radius 2 is 2.11 bits per heavy atom. The predicted octanol–water partition coefficient (Wildman–Crippen LogP) is 1.96. The maximum absolute atomic E-state index is 12.5. The fourth-order valence-electron chi connectivity index (χ4n) is 3.27. The van der Waals surface area contributed by atoms with Crippen molar-refractivity contribution in [2.75, 3.05) is 11.9 Å². The first-order valence-corrected chi connectivity index (χ1v) is 9.05. The Hall–Kier alpha value is -3.16. The van der Waals surface area contributed by atoms with Gasteiger partial charge in [0.1, 0.15) is 24.0 Å². The van der Waals surface area contributed by atoms with E-state index in [1.807, 2.05) is 42.8 Å². The Morgan fingerprint density at radius 3 is 2.93 bits per heavy atom. The summed E-state index contributed by atoms with van der Waals surface area (Å²) < 4.78 is 7.71. The van der Waals surface area contributed by atoms with E-state index in [1.165, 1.54) is 0 Å². The number of rotatable bonds is 5. The Labute approximate surface area is 156 Å². The van der Waals surface area contributed by atoms with Crippen LogP contribution >= 0.6 is 0 Å². The normalized spacial score (nSPS) is 12.7. The van der Waals surface area contributed by atoms with Gasteiger partial charge in [0, 0.05) is 25.1 Å². The van der Waals surface area contributed by atoms with Crippen LogP contribution in [0.2, 0.25) is 0 Å². The first-order chi connectivity index (χ1) is 13.1. The summed E-state index contributed by atoms with van der Waals surface area (Å²) in [5.74, 6) is 2.96. The number of aromatic amines is 1. The van der Waals surface area contributed by atoms with Gasteiger partial charge in [0.25, 0.3) is 5.56 Å². The summed E-state index contributed by atoms with van der Waals surface area (Å²) in [6.07, 6.45) is 1.37. The number of H-pyrrole nitrogens is 1. The van der Waals surface area contributed by atoms with Gasteiger partial charge in [-0.2, -0.15) is 5.10 Å². The molecule has 0 radical (unpaired) electrons. The molecular weight excluding hydrogens is 344 g/mol. The molecule has 1 aliphatic heterocycles. The van der Waals surface area contributed by atoms with E-state index in [1.54, 1.807) is 0 Å². The van der Waals surface area contributed by atoms with E-state index in [4.69, 9.17) is 4.74 Å². The van der Waals surface area contributed by atoms with E-state index in [9.17, 15) is 4.79 Å². The van der Waals surface area contributed by atoms with Crippen LogP contribution in [-0.4, -0.2) is 31.3 Å². The van der Waals surface area contributed by atoms with Gasteiger partial charge in [-0.15, -0.1) is 0 Å². The number of fused-ring (bicyclic) bond motifs is 2. The van der Waals surface area contributed by atoms with E-state index in [2.05, 4.69) is 25.4 Å². The van der Waals surface area contributed by atoms with Crippen molar-refractivity contribution < 1.29 is 4.74 Å². The topological polar surface area (TPSA) is 97.7 Å². The van der Waals surface area contributed by atoms with Crippen molar-refractivity contribution in [3.05, 3.63) is 63.1 Å². The fraction of sp³-hybridized carbons (Fsp3) is 0.368. The number of ether oxygens (including phenoxy) is 1. The molecule has 1 aliphatic rings. The lowest BCUT2D eigenvalue weighted by molar-refractivity contribution is 0.302. The molecule has 0 aliphatic carbocycles. The number of para-hydroxylation sites is 1. The zero-order valence-corrected chi connectivity index (χ0v) is 15.5. The van der Waals surface area contributed by atoms with Crippen molar-refractivity contribution >= 4 is 5.95 Å². The summed E-state index contributed by atoms with van der Waals surface area (Å²) in [6.45, 7) is 5.54. The second kappa shape index (κ2) is 7.22. The number of hydrogen-bond acceptors (Lipinski definition) is 6. The van der Waals surface area contributed by atoms with E-state index >= 15 is 0 Å². The van der Waals surface area contributed by atoms with Crippen molar-refractivity contribution in [2.24, 2.45) is 0 Å². The summed E-state index contributed by atoms with van der Waals surface area (Å²) in [5, 5.41) is 7.53. The summed E-state index contributed by atoms with van der Waals surface area (Å²) in [7, 11) is 0. The lowest BCUT2D eigenvalue weighted by atomic mass is 10.1. The first-order valence-electron chi connectivity index (χ1n) is 9.05. The van der Waals surface area contributed by atoms with E-state index in [0.717, 1.165) is 35.9 Å². The van der Waals surface area contributed by atoms with Crippen molar-refractivity contribution in [1.29, 1.82) is 0 Å². The Morgan fingerprint density at radius 1 is 1.26 bits per heavy atom. The van der Waals surface area contributed by atoms with Crippen LogP contribution in [-0.2, 0) is 19.6 Å². The Balaban J connectivity index is 1.43. The molecule has 0 bridgehead atoms. The summed E-state index contributed by atoms with van der Waals surface area (Å²) >= 11 is 0. The second-order valence-electron chi connectivity index (χ2n) is 6.62. The van der Waals surface area contributed by atoms with Crippen molar-refractivity contribution in [3.8, 4) is 5.75 Å². The third-order valence-electron chi connectivity index (χ3n) is 4.61. The summed E-state index contributed by atoms with van der Waals surface area (Å²) in [4.78, 5) is 24.2. The minimum Gasteiger partial charge on any atom is -0.487 e. The zero-order chi connectivity index (χ0) is 18.8. The third kappa shape index (κ3) is 3.69. The SMILES string of the molecule is Cc1nc(C)n(CCCNc2nc3c(c(=O)[nH]2)Cc2ccccc2OC3)n1. The van der Waals surface area contributed by atoms with E-state index in [-0.39, 0.29) is 5.56 Å². The monoisotopic (exact) mass is 366 g/mol. The molecule has 0 saturated heterocycles. The molecule has 1 aromatic carbocycles. The number of hydrogen-bond donors (Lipinski definition) is 2. The van der Waals surface area contributed by atoms with Crippen LogP contribution in [0, 0.1) is 13.8 Å². The predicted molar refractivity (Wildman–Crippen MR) is 101 cm³/mol. The van der Waals surface area contributed by atoms with Crippen molar-refractivity contribution in [1.82, 2.24) is 24.7 Å². The van der Waals surface area contributed by atoms with Gasteiger partial charge in [-0.05, 0) is 31.9 Å². The molecule has 140 valence electrons. The highest BCUT2D eigenvalue weighted by atomic mass is 16.5. The number of anilines is 1. The average Bonchev–Trinajstić information content (AvgIpc) is 2.86. The van der Waals surface area contributed by atoms with Gasteiger partial charge in [0.05, 0.1) is 5.69 Å². The number of nitrogens with one attached hydrogen (secondary N) is 2.